The van der Waals surface area contributed by atoms with Crippen LogP contribution in [0.1, 0.15) is 24.9 Å². The summed E-state index contributed by atoms with van der Waals surface area (Å²) in [5.41, 5.74) is 6.86. The summed E-state index contributed by atoms with van der Waals surface area (Å²) in [4.78, 5) is 22.4. The van der Waals surface area contributed by atoms with E-state index in [2.05, 4.69) is 0 Å². The third-order valence-electron chi connectivity index (χ3n) is 4.87. The van der Waals surface area contributed by atoms with Gasteiger partial charge in [-0.15, -0.1) is 0 Å². The van der Waals surface area contributed by atoms with Crippen molar-refractivity contribution in [3.8, 4) is 5.75 Å². The lowest BCUT2D eigenvalue weighted by molar-refractivity contribution is -0.192. The Hall–Kier alpha value is -1.79. The number of aliphatic hydroxyl groups excluding tert-OH is 2. The molecule has 4 atom stereocenters. The van der Waals surface area contributed by atoms with Gasteiger partial charge in [0.25, 0.3) is 5.91 Å². The number of rotatable bonds is 4. The summed E-state index contributed by atoms with van der Waals surface area (Å²) >= 11 is 11.9. The fourth-order valence-corrected chi connectivity index (χ4v) is 3.57. The zero-order chi connectivity index (χ0) is 24.1. The average molecular weight is 491 g/mol. The van der Waals surface area contributed by atoms with Gasteiger partial charge in [0.1, 0.15) is 5.75 Å². The van der Waals surface area contributed by atoms with Gasteiger partial charge in [-0.05, 0) is 24.3 Å². The largest absolute Gasteiger partial charge is 0.508 e. The molecule has 31 heavy (non-hydrogen) atoms. The number of likely N-dealkylation sites (tertiary alicyclic amines) is 1. The molecule has 0 spiro atoms. The number of benzene rings is 1. The Labute approximate surface area is 186 Å². The van der Waals surface area contributed by atoms with Crippen LogP contribution in [0.15, 0.2) is 12.1 Å². The molecule has 6 N–H and O–H groups in total. The molecule has 1 heterocycles. The maximum atomic E-state index is 12.0. The van der Waals surface area contributed by atoms with E-state index in [-0.39, 0.29) is 22.6 Å². The van der Waals surface area contributed by atoms with Crippen LogP contribution in [0.3, 0.4) is 0 Å². The van der Waals surface area contributed by atoms with Gasteiger partial charge in [0.2, 0.25) is 0 Å². The van der Waals surface area contributed by atoms with Gasteiger partial charge in [-0.3, -0.25) is 4.79 Å². The van der Waals surface area contributed by atoms with E-state index in [1.807, 2.05) is 6.92 Å². The first-order valence-corrected chi connectivity index (χ1v) is 9.77. The number of alkyl halides is 3. The number of phenols is 1. The minimum absolute atomic E-state index is 0.00157. The number of carbonyl (C=O) groups is 2. The predicted molar refractivity (Wildman–Crippen MR) is 106 cm³/mol. The van der Waals surface area contributed by atoms with Gasteiger partial charge in [-0.25, -0.2) is 4.79 Å². The van der Waals surface area contributed by atoms with Crippen molar-refractivity contribution in [2.24, 2.45) is 17.6 Å². The molecule has 0 unspecified atom stereocenters. The van der Waals surface area contributed by atoms with Gasteiger partial charge in [-0.1, -0.05) is 30.1 Å². The van der Waals surface area contributed by atoms with E-state index in [1.54, 1.807) is 6.07 Å². The Balaban J connectivity index is 0.000000592. The zero-order valence-electron chi connectivity index (χ0n) is 16.3. The third-order valence-corrected chi connectivity index (χ3v) is 5.60. The topological polar surface area (TPSA) is 144 Å². The summed E-state index contributed by atoms with van der Waals surface area (Å²) in [5, 5.41) is 36.2. The molecule has 0 aliphatic carbocycles. The number of hydrogen-bond acceptors (Lipinski definition) is 6. The first-order valence-electron chi connectivity index (χ1n) is 9.02. The number of halogens is 5. The van der Waals surface area contributed by atoms with Gasteiger partial charge < -0.3 is 31.1 Å². The maximum Gasteiger partial charge on any atom is 0.490 e. The number of amides is 1. The Morgan fingerprint density at radius 3 is 2.26 bits per heavy atom. The average Bonchev–Trinajstić information content (AvgIpc) is 2.68. The van der Waals surface area contributed by atoms with Crippen molar-refractivity contribution in [2.75, 3.05) is 19.7 Å². The van der Waals surface area contributed by atoms with Crippen molar-refractivity contribution in [2.45, 2.75) is 31.7 Å². The van der Waals surface area contributed by atoms with Gasteiger partial charge in [0.05, 0.1) is 16.7 Å². The molecule has 1 aliphatic rings. The molecule has 0 saturated carbocycles. The van der Waals surface area contributed by atoms with Crippen molar-refractivity contribution in [1.82, 2.24) is 4.90 Å². The van der Waals surface area contributed by atoms with Crippen molar-refractivity contribution in [1.29, 1.82) is 0 Å². The summed E-state index contributed by atoms with van der Waals surface area (Å²) < 4.78 is 31.7. The molecule has 176 valence electrons. The molecule has 13 heteroatoms. The van der Waals surface area contributed by atoms with E-state index < -0.39 is 36.8 Å². The van der Waals surface area contributed by atoms with Crippen LogP contribution in [0.2, 0.25) is 10.0 Å². The predicted octanol–water partition coefficient (Wildman–Crippen LogP) is 2.17. The standard InChI is InChI=1S/C16H22Cl2N2O4.C2HF3O2/c1-8-6-20(16(24)14(23)7-21)3-2-9(8)15(19)10-4-11(17)12(18)5-13(10)22;3-2(4,5)1(6)7/h4-5,8-9,14-15,21-23H,2-3,6-7,19H2,1H3;(H,6,7)/t8-,9+,14+,15+;/m0./s1. The Morgan fingerprint density at radius 1 is 1.29 bits per heavy atom. The summed E-state index contributed by atoms with van der Waals surface area (Å²) in [5.74, 6) is -3.15. The normalized spacial score (nSPS) is 21.0. The molecule has 2 rings (SSSR count). The van der Waals surface area contributed by atoms with Gasteiger partial charge in [-0.2, -0.15) is 13.2 Å². The number of aromatic hydroxyl groups is 1. The number of aliphatic carboxylic acids is 1. The second-order valence-electron chi connectivity index (χ2n) is 7.07. The molecule has 1 aromatic carbocycles. The molecule has 1 aromatic rings. The van der Waals surface area contributed by atoms with E-state index >= 15 is 0 Å². The minimum Gasteiger partial charge on any atom is -0.508 e. The molecule has 0 aromatic heterocycles. The molecular formula is C18H23Cl2F3N2O6. The third kappa shape index (κ3) is 7.39. The molecule has 1 fully saturated rings. The summed E-state index contributed by atoms with van der Waals surface area (Å²) in [6.07, 6.45) is -5.85. The van der Waals surface area contributed by atoms with Crippen LogP contribution in [0.4, 0.5) is 13.2 Å². The Kier molecular flexibility index (Phi) is 9.83. The first kappa shape index (κ1) is 27.2. The van der Waals surface area contributed by atoms with E-state index in [9.17, 15) is 28.2 Å². The number of aliphatic hydroxyl groups is 2. The highest BCUT2D eigenvalue weighted by molar-refractivity contribution is 6.42. The molecular weight excluding hydrogens is 468 g/mol. The molecule has 1 aliphatic heterocycles. The van der Waals surface area contributed by atoms with Crippen LogP contribution in [-0.4, -0.2) is 69.2 Å². The van der Waals surface area contributed by atoms with Crippen LogP contribution >= 0.6 is 23.2 Å². The summed E-state index contributed by atoms with van der Waals surface area (Å²) in [6, 6.07) is 2.50. The lowest BCUT2D eigenvalue weighted by atomic mass is 9.79. The fourth-order valence-electron chi connectivity index (χ4n) is 3.24. The second kappa shape index (κ2) is 11.2. The lowest BCUT2D eigenvalue weighted by Gasteiger charge is -2.40. The monoisotopic (exact) mass is 490 g/mol. The number of nitrogens with two attached hydrogens (primary N) is 1. The highest BCUT2D eigenvalue weighted by atomic mass is 35.5. The van der Waals surface area contributed by atoms with Gasteiger partial charge in [0.15, 0.2) is 6.10 Å². The van der Waals surface area contributed by atoms with Crippen LogP contribution < -0.4 is 5.73 Å². The van der Waals surface area contributed by atoms with Gasteiger partial charge in [0, 0.05) is 30.8 Å². The molecule has 8 nitrogen and oxygen atoms in total. The SMILES string of the molecule is C[C@H]1CN(C(=O)[C@H](O)CO)CC[C@H]1[C@@H](N)c1cc(Cl)c(Cl)cc1O.O=C(O)C(F)(F)F. The number of nitrogens with zero attached hydrogens (tertiary/aromatic N) is 1. The Morgan fingerprint density at radius 2 is 1.81 bits per heavy atom. The molecule has 1 saturated heterocycles. The zero-order valence-corrected chi connectivity index (χ0v) is 17.8. The van der Waals surface area contributed by atoms with Gasteiger partial charge >= 0.3 is 12.1 Å². The van der Waals surface area contributed by atoms with Crippen LogP contribution in [0, 0.1) is 11.8 Å². The minimum atomic E-state index is -5.08. The number of carboxylic acids is 1. The second-order valence-corrected chi connectivity index (χ2v) is 7.88. The fraction of sp³-hybridized carbons (Fsp3) is 0.556. The smallest absolute Gasteiger partial charge is 0.490 e. The Bertz CT molecular complexity index is 796. The van der Waals surface area contributed by atoms with Crippen LogP contribution in [0.5, 0.6) is 5.75 Å². The van der Waals surface area contributed by atoms with E-state index in [1.165, 1.54) is 11.0 Å². The number of hydrogen-bond donors (Lipinski definition) is 5. The van der Waals surface area contributed by atoms with E-state index in [0.29, 0.717) is 30.1 Å². The summed E-state index contributed by atoms with van der Waals surface area (Å²) in [6.45, 7) is 2.23. The quantitative estimate of drug-likeness (QED) is 0.434. The highest BCUT2D eigenvalue weighted by Gasteiger charge is 2.38. The summed E-state index contributed by atoms with van der Waals surface area (Å²) in [7, 11) is 0. The van der Waals surface area contributed by atoms with E-state index in [4.69, 9.17) is 43.9 Å². The molecule has 1 amide bonds. The van der Waals surface area contributed by atoms with Crippen LogP contribution in [-0.2, 0) is 9.59 Å². The highest BCUT2D eigenvalue weighted by Crippen LogP contribution is 2.39. The van der Waals surface area contributed by atoms with Crippen molar-refractivity contribution in [3.05, 3.63) is 27.7 Å². The van der Waals surface area contributed by atoms with Crippen molar-refractivity contribution >= 4 is 35.1 Å². The molecule has 0 radical (unpaired) electrons. The lowest BCUT2D eigenvalue weighted by Crippen LogP contribution is -2.49. The van der Waals surface area contributed by atoms with Crippen molar-refractivity contribution in [3.63, 3.8) is 0 Å². The van der Waals surface area contributed by atoms with Crippen LogP contribution in [0.25, 0.3) is 0 Å². The number of piperidine rings is 1. The first-order chi connectivity index (χ1) is 14.2. The molecule has 0 bridgehead atoms. The van der Waals surface area contributed by atoms with E-state index in [0.717, 1.165) is 0 Å². The number of carboxylic acid groups (broad SMARTS) is 1. The number of phenolic OH excluding ortho intramolecular Hbond substituents is 1. The van der Waals surface area contributed by atoms with Crippen molar-refractivity contribution < 1.29 is 43.2 Å². The maximum absolute atomic E-state index is 12.0. The number of carbonyl (C=O) groups excluding carboxylic acids is 1.